The summed E-state index contributed by atoms with van der Waals surface area (Å²) in [4.78, 5) is 9.19. The molecule has 32 heavy (non-hydrogen) atoms. The number of hydrogen-bond acceptors (Lipinski definition) is 6. The second-order valence-corrected chi connectivity index (χ2v) is 14.6. The molecule has 182 valence electrons. The Labute approximate surface area is 198 Å². The molecule has 0 fully saturated rings. The van der Waals surface area contributed by atoms with Gasteiger partial charge in [-0.2, -0.15) is 0 Å². The first-order chi connectivity index (χ1) is 15.4. The normalized spacial score (nSPS) is 12.9. The zero-order chi connectivity index (χ0) is 23.7. The topological polar surface area (TPSA) is 61.6 Å². The Morgan fingerprint density at radius 3 is 1.41 bits per heavy atom. The van der Waals surface area contributed by atoms with Crippen LogP contribution in [-0.4, -0.2) is 69.1 Å². The third kappa shape index (κ3) is 12.2. The van der Waals surface area contributed by atoms with Gasteiger partial charge >= 0.3 is 17.1 Å². The van der Waals surface area contributed by atoms with Gasteiger partial charge in [0.05, 0.1) is 0 Å². The van der Waals surface area contributed by atoms with E-state index in [9.17, 15) is 0 Å². The van der Waals surface area contributed by atoms with E-state index in [1.165, 1.54) is 0 Å². The van der Waals surface area contributed by atoms with Crippen molar-refractivity contribution >= 4 is 29.6 Å². The molecular formula is C24H44N2O4Si2. The molecule has 0 aliphatic carbocycles. The first-order valence-corrected chi connectivity index (χ1v) is 17.1. The van der Waals surface area contributed by atoms with Crippen LogP contribution < -0.4 is 0 Å². The Morgan fingerprint density at radius 2 is 1.06 bits per heavy atom. The van der Waals surface area contributed by atoms with Gasteiger partial charge in [0.25, 0.3) is 0 Å². The summed E-state index contributed by atoms with van der Waals surface area (Å²) in [6.07, 6.45) is 5.84. The molecule has 0 aliphatic heterocycles. The molecule has 0 saturated carbocycles. The van der Waals surface area contributed by atoms with Gasteiger partial charge < -0.3 is 17.7 Å². The predicted octanol–water partition coefficient (Wildman–Crippen LogP) is 5.59. The van der Waals surface area contributed by atoms with Crippen LogP contribution in [0, 0.1) is 0 Å². The van der Waals surface area contributed by atoms with Crippen LogP contribution in [0.2, 0.25) is 25.2 Å². The average Bonchev–Trinajstić information content (AvgIpc) is 2.74. The molecule has 0 N–H and O–H groups in total. The molecule has 0 saturated heterocycles. The fourth-order valence-electron chi connectivity index (χ4n) is 3.64. The van der Waals surface area contributed by atoms with E-state index in [1.807, 2.05) is 46.2 Å². The minimum Gasteiger partial charge on any atom is -0.395 e. The number of aliphatic imine (C=N–C) groups is 2. The maximum atomic E-state index is 5.89. The van der Waals surface area contributed by atoms with Gasteiger partial charge in [0, 0.05) is 51.9 Å². The third-order valence-corrected chi connectivity index (χ3v) is 11.1. The maximum Gasteiger partial charge on any atom is 0.334 e. The molecule has 0 aromatic heterocycles. The lowest BCUT2D eigenvalue weighted by molar-refractivity contribution is 0.188. The lowest BCUT2D eigenvalue weighted by Crippen LogP contribution is -2.38. The summed E-state index contributed by atoms with van der Waals surface area (Å²) < 4.78 is 23.5. The third-order valence-electron chi connectivity index (χ3n) is 5.03. The lowest BCUT2D eigenvalue weighted by Gasteiger charge is -2.25. The van der Waals surface area contributed by atoms with Crippen molar-refractivity contribution in [1.29, 1.82) is 0 Å². The molecule has 0 aliphatic rings. The summed E-state index contributed by atoms with van der Waals surface area (Å²) in [5.41, 5.74) is 2.19. The van der Waals surface area contributed by atoms with Gasteiger partial charge in [0.1, 0.15) is 0 Å². The molecule has 8 heteroatoms. The Hall–Kier alpha value is -1.17. The Kier molecular flexibility index (Phi) is 14.8. The second kappa shape index (κ2) is 16.4. The van der Waals surface area contributed by atoms with E-state index in [-0.39, 0.29) is 0 Å². The van der Waals surface area contributed by atoms with Crippen LogP contribution in [0.1, 0.15) is 51.7 Å². The summed E-state index contributed by atoms with van der Waals surface area (Å²) >= 11 is 0. The van der Waals surface area contributed by atoms with Crippen molar-refractivity contribution in [2.75, 3.05) is 39.5 Å². The van der Waals surface area contributed by atoms with Crippen molar-refractivity contribution in [3.05, 3.63) is 35.4 Å². The summed E-state index contributed by atoms with van der Waals surface area (Å²) in [5.74, 6) is 0. The first kappa shape index (κ1) is 28.9. The summed E-state index contributed by atoms with van der Waals surface area (Å²) in [6, 6.07) is 10.2. The monoisotopic (exact) mass is 480 g/mol. The van der Waals surface area contributed by atoms with Gasteiger partial charge in [-0.1, -0.05) is 18.2 Å². The fraction of sp³-hybridized carbons (Fsp3) is 0.667. The quantitative estimate of drug-likeness (QED) is 0.156. The molecule has 0 amide bonds. The largest absolute Gasteiger partial charge is 0.395 e. The fourth-order valence-corrected chi connectivity index (χ4v) is 8.42. The summed E-state index contributed by atoms with van der Waals surface area (Å²) in [6.45, 7) is 16.8. The number of benzene rings is 1. The average molecular weight is 481 g/mol. The number of nitrogens with zero attached hydrogens (tertiary/aromatic N) is 2. The van der Waals surface area contributed by atoms with E-state index in [0.717, 1.165) is 49.1 Å². The predicted molar refractivity (Wildman–Crippen MR) is 140 cm³/mol. The van der Waals surface area contributed by atoms with Gasteiger partial charge in [-0.05, 0) is 82.9 Å². The van der Waals surface area contributed by atoms with Crippen molar-refractivity contribution in [1.82, 2.24) is 0 Å². The molecule has 1 aromatic carbocycles. The first-order valence-electron chi connectivity index (χ1n) is 12.1. The molecule has 1 aromatic rings. The standard InChI is InChI=1S/C24H44N2O4Si2/c1-7-27-31(5,28-8-2)18-12-16-25-21-23-14-11-15-24(20-23)22-26-17-13-19-32(6,29-9-3)30-10-4/h11,14-15,20-22H,7-10,12-13,16-19H2,1-6H3. The van der Waals surface area contributed by atoms with Crippen molar-refractivity contribution in [3.8, 4) is 0 Å². The van der Waals surface area contributed by atoms with E-state index >= 15 is 0 Å². The molecule has 0 spiro atoms. The van der Waals surface area contributed by atoms with E-state index in [0.29, 0.717) is 26.4 Å². The van der Waals surface area contributed by atoms with Crippen molar-refractivity contribution < 1.29 is 17.7 Å². The van der Waals surface area contributed by atoms with E-state index in [2.05, 4.69) is 41.3 Å². The van der Waals surface area contributed by atoms with Crippen LogP contribution in [0.15, 0.2) is 34.3 Å². The summed E-state index contributed by atoms with van der Waals surface area (Å²) in [5, 5.41) is 0. The lowest BCUT2D eigenvalue weighted by atomic mass is 10.1. The second-order valence-electron chi connectivity index (χ2n) is 7.95. The minimum atomic E-state index is -2.04. The molecule has 1 rings (SSSR count). The van der Waals surface area contributed by atoms with E-state index < -0.39 is 17.1 Å². The van der Waals surface area contributed by atoms with E-state index in [4.69, 9.17) is 17.7 Å². The highest BCUT2D eigenvalue weighted by Crippen LogP contribution is 2.17. The van der Waals surface area contributed by atoms with Crippen LogP contribution in [0.4, 0.5) is 0 Å². The van der Waals surface area contributed by atoms with Gasteiger partial charge in [-0.25, -0.2) is 0 Å². The van der Waals surface area contributed by atoms with E-state index in [1.54, 1.807) is 0 Å². The van der Waals surface area contributed by atoms with Gasteiger partial charge in [-0.3, -0.25) is 9.98 Å². The van der Waals surface area contributed by atoms with Crippen LogP contribution in [0.25, 0.3) is 0 Å². The minimum absolute atomic E-state index is 0.709. The molecule has 0 radical (unpaired) electrons. The molecule has 0 bridgehead atoms. The zero-order valence-corrected chi connectivity index (χ0v) is 23.1. The Morgan fingerprint density at radius 1 is 0.688 bits per heavy atom. The molecular weight excluding hydrogens is 436 g/mol. The van der Waals surface area contributed by atoms with Gasteiger partial charge in [0.2, 0.25) is 0 Å². The van der Waals surface area contributed by atoms with Crippen LogP contribution in [0.5, 0.6) is 0 Å². The van der Waals surface area contributed by atoms with Crippen molar-refractivity contribution in [2.45, 2.75) is 65.7 Å². The Bertz CT molecular complexity index is 620. The zero-order valence-electron chi connectivity index (χ0n) is 21.1. The molecule has 6 nitrogen and oxygen atoms in total. The van der Waals surface area contributed by atoms with Gasteiger partial charge in [0.15, 0.2) is 0 Å². The van der Waals surface area contributed by atoms with Crippen molar-refractivity contribution in [2.24, 2.45) is 9.98 Å². The number of hydrogen-bond donors (Lipinski definition) is 0. The van der Waals surface area contributed by atoms with Crippen LogP contribution in [0.3, 0.4) is 0 Å². The highest BCUT2D eigenvalue weighted by atomic mass is 28.4. The van der Waals surface area contributed by atoms with Gasteiger partial charge in [-0.15, -0.1) is 0 Å². The Balaban J connectivity index is 2.45. The highest BCUT2D eigenvalue weighted by molar-refractivity contribution is 6.66. The highest BCUT2D eigenvalue weighted by Gasteiger charge is 2.30. The van der Waals surface area contributed by atoms with Crippen LogP contribution in [-0.2, 0) is 17.7 Å². The SMILES string of the molecule is CCO[Si](C)(CCCN=Cc1cccc(C=NCCC[Si](C)(OCC)OCC)c1)OCC. The summed E-state index contributed by atoms with van der Waals surface area (Å²) in [7, 11) is -4.07. The number of rotatable bonds is 18. The van der Waals surface area contributed by atoms with Crippen LogP contribution >= 0.6 is 0 Å². The molecule has 0 heterocycles. The maximum absolute atomic E-state index is 5.89. The molecule has 0 atom stereocenters. The molecule has 0 unspecified atom stereocenters. The smallest absolute Gasteiger partial charge is 0.334 e. The van der Waals surface area contributed by atoms with Crippen molar-refractivity contribution in [3.63, 3.8) is 0 Å².